The van der Waals surface area contributed by atoms with Crippen LogP contribution in [0.2, 0.25) is 5.02 Å². The molecule has 132 valence electrons. The van der Waals surface area contributed by atoms with Crippen molar-refractivity contribution in [3.05, 3.63) is 59.1 Å². The fraction of sp³-hybridized carbons (Fsp3) is 0.0625. The molecule has 0 aliphatic rings. The molecule has 0 fully saturated rings. The Morgan fingerprint density at radius 2 is 1.85 bits per heavy atom. The molecule has 4 aromatic rings. The maximum absolute atomic E-state index is 13.8. The summed E-state index contributed by atoms with van der Waals surface area (Å²) in [5.41, 5.74) is -0.582. The van der Waals surface area contributed by atoms with Crippen LogP contribution < -0.4 is 0 Å². The number of benzene rings is 1. The zero-order valence-corrected chi connectivity index (χ0v) is 13.4. The zero-order chi connectivity index (χ0) is 18.5. The van der Waals surface area contributed by atoms with Gasteiger partial charge in [-0.05, 0) is 18.2 Å². The van der Waals surface area contributed by atoms with Crippen molar-refractivity contribution in [3.63, 3.8) is 0 Å². The van der Waals surface area contributed by atoms with Gasteiger partial charge in [0.05, 0.1) is 16.1 Å². The van der Waals surface area contributed by atoms with Gasteiger partial charge in [-0.2, -0.15) is 18.2 Å². The lowest BCUT2D eigenvalue weighted by Crippen LogP contribution is -2.06. The molecular formula is C16H7ClF4N4O. The third-order valence-electron chi connectivity index (χ3n) is 3.59. The molecule has 0 aliphatic carbocycles. The lowest BCUT2D eigenvalue weighted by Gasteiger charge is -2.07. The minimum atomic E-state index is -4.55. The van der Waals surface area contributed by atoms with Crippen LogP contribution in [0.15, 0.2) is 47.2 Å². The highest BCUT2D eigenvalue weighted by Crippen LogP contribution is 2.33. The van der Waals surface area contributed by atoms with E-state index in [9.17, 15) is 17.6 Å². The second-order valence-corrected chi connectivity index (χ2v) is 5.74. The number of nitrogens with zero attached hydrogens (tertiary/aromatic N) is 4. The Kier molecular flexibility index (Phi) is 3.69. The Balaban J connectivity index is 1.79. The van der Waals surface area contributed by atoms with E-state index in [1.807, 2.05) is 0 Å². The van der Waals surface area contributed by atoms with Crippen LogP contribution in [0.3, 0.4) is 0 Å². The van der Waals surface area contributed by atoms with Gasteiger partial charge < -0.3 is 8.92 Å². The van der Waals surface area contributed by atoms with E-state index in [-0.39, 0.29) is 33.6 Å². The van der Waals surface area contributed by atoms with Crippen molar-refractivity contribution in [2.24, 2.45) is 0 Å². The summed E-state index contributed by atoms with van der Waals surface area (Å²) in [6, 6.07) is 6.63. The fourth-order valence-corrected chi connectivity index (χ4v) is 2.65. The van der Waals surface area contributed by atoms with Gasteiger partial charge in [-0.25, -0.2) is 9.37 Å². The number of pyridine rings is 1. The maximum atomic E-state index is 13.8. The summed E-state index contributed by atoms with van der Waals surface area (Å²) < 4.78 is 58.6. The smallest absolute Gasteiger partial charge is 0.332 e. The second-order valence-electron chi connectivity index (χ2n) is 5.33. The number of fused-ring (bicyclic) bond motifs is 1. The molecular weight excluding hydrogens is 376 g/mol. The largest absolute Gasteiger partial charge is 0.417 e. The van der Waals surface area contributed by atoms with Crippen molar-refractivity contribution in [1.29, 1.82) is 0 Å². The predicted molar refractivity (Wildman–Crippen MR) is 83.9 cm³/mol. The van der Waals surface area contributed by atoms with E-state index in [0.717, 1.165) is 16.7 Å². The molecule has 0 N–H and O–H groups in total. The van der Waals surface area contributed by atoms with Crippen molar-refractivity contribution in [3.8, 4) is 23.0 Å². The quantitative estimate of drug-likeness (QED) is 0.464. The van der Waals surface area contributed by atoms with Gasteiger partial charge in [0.1, 0.15) is 11.5 Å². The number of aromatic nitrogens is 4. The van der Waals surface area contributed by atoms with Crippen LogP contribution in [0.1, 0.15) is 5.56 Å². The molecule has 0 bridgehead atoms. The van der Waals surface area contributed by atoms with Gasteiger partial charge >= 0.3 is 6.18 Å². The number of halogens is 5. The summed E-state index contributed by atoms with van der Waals surface area (Å²) >= 11 is 5.89. The maximum Gasteiger partial charge on any atom is 0.417 e. The van der Waals surface area contributed by atoms with Crippen LogP contribution in [0, 0.1) is 5.82 Å². The predicted octanol–water partition coefficient (Wildman–Crippen LogP) is 4.86. The van der Waals surface area contributed by atoms with E-state index < -0.39 is 17.6 Å². The van der Waals surface area contributed by atoms with E-state index in [2.05, 4.69) is 15.1 Å². The number of imidazole rings is 1. The number of alkyl halides is 3. The highest BCUT2D eigenvalue weighted by Gasteiger charge is 2.32. The van der Waals surface area contributed by atoms with Crippen LogP contribution >= 0.6 is 11.6 Å². The first kappa shape index (κ1) is 16.5. The van der Waals surface area contributed by atoms with Gasteiger partial charge in [0.2, 0.25) is 5.82 Å². The summed E-state index contributed by atoms with van der Waals surface area (Å²) in [6.45, 7) is 0. The molecule has 26 heavy (non-hydrogen) atoms. The molecule has 0 atom stereocenters. The van der Waals surface area contributed by atoms with Crippen molar-refractivity contribution in [2.75, 3.05) is 0 Å². The Bertz CT molecular complexity index is 1120. The van der Waals surface area contributed by atoms with Gasteiger partial charge in [0, 0.05) is 12.4 Å². The first-order valence-corrected chi connectivity index (χ1v) is 7.55. The Morgan fingerprint density at radius 1 is 1.08 bits per heavy atom. The van der Waals surface area contributed by atoms with Crippen LogP contribution in [-0.2, 0) is 6.18 Å². The van der Waals surface area contributed by atoms with Crippen LogP contribution in [0.4, 0.5) is 17.6 Å². The van der Waals surface area contributed by atoms with Gasteiger partial charge in [-0.3, -0.25) is 0 Å². The van der Waals surface area contributed by atoms with Gasteiger partial charge in [-0.15, -0.1) is 0 Å². The normalized spacial score (nSPS) is 12.0. The number of hydrogen-bond acceptors (Lipinski definition) is 4. The van der Waals surface area contributed by atoms with E-state index in [1.165, 1.54) is 24.4 Å². The SMILES string of the molecule is Fc1ccccc1-c1noc(-c2cn3cc(C(F)(F)F)cc(Cl)c3n2)n1. The monoisotopic (exact) mass is 382 g/mol. The molecule has 1 aromatic carbocycles. The van der Waals surface area contributed by atoms with Crippen LogP contribution in [0.25, 0.3) is 28.6 Å². The van der Waals surface area contributed by atoms with Crippen molar-refractivity contribution >= 4 is 17.2 Å². The Hall–Kier alpha value is -2.94. The lowest BCUT2D eigenvalue weighted by atomic mass is 10.2. The molecule has 3 heterocycles. The minimum absolute atomic E-state index is 0.00256. The highest BCUT2D eigenvalue weighted by molar-refractivity contribution is 6.33. The van der Waals surface area contributed by atoms with Crippen LogP contribution in [0.5, 0.6) is 0 Å². The molecule has 0 spiro atoms. The minimum Gasteiger partial charge on any atom is -0.332 e. The molecule has 5 nitrogen and oxygen atoms in total. The third kappa shape index (κ3) is 2.80. The van der Waals surface area contributed by atoms with Crippen molar-refractivity contribution in [2.45, 2.75) is 6.18 Å². The van der Waals surface area contributed by atoms with Crippen molar-refractivity contribution < 1.29 is 22.1 Å². The van der Waals surface area contributed by atoms with Crippen molar-refractivity contribution in [1.82, 2.24) is 19.5 Å². The Morgan fingerprint density at radius 3 is 2.58 bits per heavy atom. The van der Waals surface area contributed by atoms with Crippen LogP contribution in [-0.4, -0.2) is 19.5 Å². The molecule has 0 radical (unpaired) electrons. The van der Waals surface area contributed by atoms with E-state index in [1.54, 1.807) is 6.07 Å². The summed E-state index contributed by atoms with van der Waals surface area (Å²) in [5, 5.41) is 3.50. The molecule has 0 amide bonds. The summed E-state index contributed by atoms with van der Waals surface area (Å²) in [7, 11) is 0. The molecule has 0 unspecified atom stereocenters. The second kappa shape index (κ2) is 5.80. The summed E-state index contributed by atoms with van der Waals surface area (Å²) in [5.74, 6) is -0.610. The first-order chi connectivity index (χ1) is 12.3. The fourth-order valence-electron chi connectivity index (χ4n) is 2.39. The van der Waals surface area contributed by atoms with E-state index in [0.29, 0.717) is 0 Å². The van der Waals surface area contributed by atoms with E-state index in [4.69, 9.17) is 16.1 Å². The zero-order valence-electron chi connectivity index (χ0n) is 12.6. The molecule has 0 saturated carbocycles. The van der Waals surface area contributed by atoms with Gasteiger partial charge in [-0.1, -0.05) is 28.9 Å². The molecule has 10 heteroatoms. The summed E-state index contributed by atoms with van der Waals surface area (Å²) in [6.07, 6.45) is -2.42. The lowest BCUT2D eigenvalue weighted by molar-refractivity contribution is -0.137. The molecule has 4 rings (SSSR count). The van der Waals surface area contributed by atoms with Gasteiger partial charge in [0.25, 0.3) is 5.89 Å². The average molecular weight is 383 g/mol. The summed E-state index contributed by atoms with van der Waals surface area (Å²) in [4.78, 5) is 8.16. The average Bonchev–Trinajstić information content (AvgIpc) is 3.21. The molecule has 3 aromatic heterocycles. The third-order valence-corrected chi connectivity index (χ3v) is 3.87. The van der Waals surface area contributed by atoms with E-state index >= 15 is 0 Å². The number of hydrogen-bond donors (Lipinski definition) is 0. The highest BCUT2D eigenvalue weighted by atomic mass is 35.5. The molecule has 0 saturated heterocycles. The number of rotatable bonds is 2. The molecule has 0 aliphatic heterocycles. The Labute approximate surface area is 147 Å². The topological polar surface area (TPSA) is 56.2 Å². The standard InChI is InChI=1S/C16H7ClF4N4O/c17-10-5-8(16(19,20)21)6-25-7-12(22-14(10)25)15-23-13(24-26-15)9-3-1-2-4-11(9)18/h1-7H. The van der Waals surface area contributed by atoms with Gasteiger partial charge in [0.15, 0.2) is 5.65 Å². The first-order valence-electron chi connectivity index (χ1n) is 7.17.